The Hall–Kier alpha value is -1.05. The van der Waals surface area contributed by atoms with Gasteiger partial charge in [-0.3, -0.25) is 0 Å². The first-order valence-electron chi connectivity index (χ1n) is 2.44. The molecule has 0 aromatic rings. The highest BCUT2D eigenvalue weighted by molar-refractivity contribution is 5.28. The van der Waals surface area contributed by atoms with Gasteiger partial charge in [0.05, 0.1) is 5.57 Å². The van der Waals surface area contributed by atoms with Gasteiger partial charge in [-0.05, 0) is 6.92 Å². The van der Waals surface area contributed by atoms with E-state index in [9.17, 15) is 22.0 Å². The van der Waals surface area contributed by atoms with Crippen molar-refractivity contribution >= 4 is 0 Å². The smallest absolute Gasteiger partial charge is 0.172 e. The van der Waals surface area contributed by atoms with Crippen LogP contribution < -0.4 is 0 Å². The van der Waals surface area contributed by atoms with Crippen LogP contribution in [0.5, 0.6) is 0 Å². The SMILES string of the molecule is CC(C#CC(F)(F)F)=C(F)F. The number of allylic oxidation sites excluding steroid dienone is 1. The summed E-state index contributed by atoms with van der Waals surface area (Å²) in [6.45, 7) is 0.814. The predicted molar refractivity (Wildman–Crippen MR) is 28.7 cm³/mol. The number of hydrogen-bond donors (Lipinski definition) is 0. The second-order valence-electron chi connectivity index (χ2n) is 1.63. The van der Waals surface area contributed by atoms with Gasteiger partial charge in [-0.15, -0.1) is 0 Å². The van der Waals surface area contributed by atoms with Gasteiger partial charge in [-0.2, -0.15) is 22.0 Å². The molecule has 0 rings (SSSR count). The Labute approximate surface area is 59.7 Å². The largest absolute Gasteiger partial charge is 0.458 e. The van der Waals surface area contributed by atoms with Gasteiger partial charge in [0, 0.05) is 5.92 Å². The standard InChI is InChI=1S/C6H3F5/c1-4(5(7)8)2-3-6(9,10)11/h1H3. The Morgan fingerprint density at radius 3 is 1.91 bits per heavy atom. The van der Waals surface area contributed by atoms with Gasteiger partial charge in [-0.1, -0.05) is 5.92 Å². The molecule has 0 aliphatic carbocycles. The normalized spacial score (nSPS) is 10.0. The Morgan fingerprint density at radius 1 is 1.18 bits per heavy atom. The minimum Gasteiger partial charge on any atom is -0.172 e. The zero-order valence-electron chi connectivity index (χ0n) is 5.39. The third kappa shape index (κ3) is 5.40. The fraction of sp³-hybridized carbons (Fsp3) is 0.333. The first kappa shape index (κ1) is 9.95. The highest BCUT2D eigenvalue weighted by Gasteiger charge is 2.23. The third-order valence-electron chi connectivity index (χ3n) is 0.675. The molecule has 0 bridgehead atoms. The van der Waals surface area contributed by atoms with Crippen LogP contribution in [-0.4, -0.2) is 6.18 Å². The molecule has 5 heteroatoms. The minimum absolute atomic E-state index is 0.715. The second-order valence-corrected chi connectivity index (χ2v) is 1.63. The van der Waals surface area contributed by atoms with Crippen LogP contribution in [0.25, 0.3) is 0 Å². The molecule has 0 fully saturated rings. The van der Waals surface area contributed by atoms with E-state index in [2.05, 4.69) is 0 Å². The summed E-state index contributed by atoms with van der Waals surface area (Å²) in [6.07, 6.45) is -6.90. The third-order valence-corrected chi connectivity index (χ3v) is 0.675. The molecule has 0 heterocycles. The number of rotatable bonds is 0. The van der Waals surface area contributed by atoms with Crippen molar-refractivity contribution < 1.29 is 22.0 Å². The maximum atomic E-state index is 11.4. The molecule has 62 valence electrons. The molecular weight excluding hydrogens is 167 g/mol. The molecule has 0 aromatic heterocycles. The molecule has 0 spiro atoms. The van der Waals surface area contributed by atoms with Gasteiger partial charge in [0.2, 0.25) is 0 Å². The molecule has 0 unspecified atom stereocenters. The molecule has 11 heavy (non-hydrogen) atoms. The first-order valence-corrected chi connectivity index (χ1v) is 2.44. The van der Waals surface area contributed by atoms with E-state index in [-0.39, 0.29) is 0 Å². The van der Waals surface area contributed by atoms with Gasteiger partial charge in [0.1, 0.15) is 0 Å². The summed E-state index contributed by atoms with van der Waals surface area (Å²) in [5.74, 6) is 1.99. The van der Waals surface area contributed by atoms with E-state index in [1.165, 1.54) is 5.92 Å². The van der Waals surface area contributed by atoms with Crippen LogP contribution in [0.2, 0.25) is 0 Å². The van der Waals surface area contributed by atoms with Crippen LogP contribution in [-0.2, 0) is 0 Å². The maximum Gasteiger partial charge on any atom is 0.458 e. The minimum atomic E-state index is -4.71. The molecule has 0 aliphatic heterocycles. The van der Waals surface area contributed by atoms with Gasteiger partial charge in [0.25, 0.3) is 6.08 Å². The van der Waals surface area contributed by atoms with Crippen LogP contribution in [0.4, 0.5) is 22.0 Å². The zero-order valence-corrected chi connectivity index (χ0v) is 5.39. The summed E-state index contributed by atoms with van der Waals surface area (Å²) in [7, 11) is 0. The van der Waals surface area contributed by atoms with Gasteiger partial charge in [-0.25, -0.2) is 0 Å². The monoisotopic (exact) mass is 170 g/mol. The van der Waals surface area contributed by atoms with Crippen molar-refractivity contribution in [1.82, 2.24) is 0 Å². The quantitative estimate of drug-likeness (QED) is 0.387. The lowest BCUT2D eigenvalue weighted by Crippen LogP contribution is -2.01. The van der Waals surface area contributed by atoms with Gasteiger partial charge >= 0.3 is 6.18 Å². The van der Waals surface area contributed by atoms with Crippen molar-refractivity contribution in [2.24, 2.45) is 0 Å². The number of alkyl halides is 3. The van der Waals surface area contributed by atoms with Crippen LogP contribution in [0.1, 0.15) is 6.92 Å². The summed E-state index contributed by atoms with van der Waals surface area (Å²) >= 11 is 0. The molecular formula is C6H3F5. The van der Waals surface area contributed by atoms with Crippen molar-refractivity contribution in [3.63, 3.8) is 0 Å². The van der Waals surface area contributed by atoms with Crippen molar-refractivity contribution in [3.05, 3.63) is 11.7 Å². The van der Waals surface area contributed by atoms with Gasteiger partial charge in [0.15, 0.2) is 0 Å². The Balaban J connectivity index is 4.45. The van der Waals surface area contributed by atoms with Crippen molar-refractivity contribution in [3.8, 4) is 11.8 Å². The van der Waals surface area contributed by atoms with Gasteiger partial charge < -0.3 is 0 Å². The van der Waals surface area contributed by atoms with E-state index < -0.39 is 17.8 Å². The molecule has 0 aliphatic rings. The van der Waals surface area contributed by atoms with Crippen molar-refractivity contribution in [2.75, 3.05) is 0 Å². The average molecular weight is 170 g/mol. The fourth-order valence-electron chi connectivity index (χ4n) is 0.212. The molecule has 0 atom stereocenters. The van der Waals surface area contributed by atoms with E-state index >= 15 is 0 Å². The average Bonchev–Trinajstić information content (AvgIpc) is 1.80. The molecule has 0 saturated heterocycles. The Bertz CT molecular complexity index is 220. The summed E-state index contributed by atoms with van der Waals surface area (Å²) in [6, 6.07) is 0. The Kier molecular flexibility index (Phi) is 3.05. The van der Waals surface area contributed by atoms with Crippen LogP contribution in [0.15, 0.2) is 11.7 Å². The molecule has 0 radical (unpaired) electrons. The molecule has 0 N–H and O–H groups in total. The topological polar surface area (TPSA) is 0 Å². The van der Waals surface area contributed by atoms with E-state index in [1.807, 2.05) is 0 Å². The zero-order chi connectivity index (χ0) is 9.07. The lowest BCUT2D eigenvalue weighted by Gasteiger charge is -1.91. The summed E-state index contributed by atoms with van der Waals surface area (Å²) in [5.41, 5.74) is -0.859. The maximum absolute atomic E-state index is 11.4. The highest BCUT2D eigenvalue weighted by Crippen LogP contribution is 2.13. The molecule has 0 nitrogen and oxygen atoms in total. The first-order chi connectivity index (χ1) is 4.83. The number of halogens is 5. The number of hydrogen-bond acceptors (Lipinski definition) is 0. The van der Waals surface area contributed by atoms with Crippen LogP contribution in [0.3, 0.4) is 0 Å². The van der Waals surface area contributed by atoms with Crippen LogP contribution >= 0.6 is 0 Å². The Morgan fingerprint density at radius 2 is 1.64 bits per heavy atom. The van der Waals surface area contributed by atoms with E-state index in [0.717, 1.165) is 6.92 Å². The second kappa shape index (κ2) is 3.37. The predicted octanol–water partition coefficient (Wildman–Crippen LogP) is 2.72. The lowest BCUT2D eigenvalue weighted by atomic mass is 10.3. The summed E-state index contributed by atoms with van der Waals surface area (Å²) < 4.78 is 56.5. The summed E-state index contributed by atoms with van der Waals surface area (Å²) in [5, 5.41) is 0. The van der Waals surface area contributed by atoms with E-state index in [1.54, 1.807) is 0 Å². The van der Waals surface area contributed by atoms with E-state index in [0.29, 0.717) is 5.92 Å². The van der Waals surface area contributed by atoms with Crippen molar-refractivity contribution in [1.29, 1.82) is 0 Å². The van der Waals surface area contributed by atoms with Crippen LogP contribution in [0, 0.1) is 11.8 Å². The molecule has 0 aromatic carbocycles. The molecule has 0 amide bonds. The highest BCUT2D eigenvalue weighted by atomic mass is 19.4. The molecule has 0 saturated carbocycles. The van der Waals surface area contributed by atoms with Crippen molar-refractivity contribution in [2.45, 2.75) is 13.1 Å². The fourth-order valence-corrected chi connectivity index (χ4v) is 0.212. The lowest BCUT2D eigenvalue weighted by molar-refractivity contribution is -0.0696. The summed E-state index contributed by atoms with van der Waals surface area (Å²) in [4.78, 5) is 0. The van der Waals surface area contributed by atoms with E-state index in [4.69, 9.17) is 0 Å².